The van der Waals surface area contributed by atoms with Gasteiger partial charge in [-0.2, -0.15) is 4.98 Å². The molecule has 1 aromatic heterocycles. The van der Waals surface area contributed by atoms with E-state index in [4.69, 9.17) is 4.74 Å². The normalized spacial score (nSPS) is 10.6. The predicted molar refractivity (Wildman–Crippen MR) is 65.9 cm³/mol. The van der Waals surface area contributed by atoms with E-state index in [1.807, 2.05) is 13.0 Å². The molecule has 1 aromatic rings. The molecule has 0 fully saturated rings. The van der Waals surface area contributed by atoms with Crippen molar-refractivity contribution in [2.45, 2.75) is 33.6 Å². The van der Waals surface area contributed by atoms with E-state index in [-0.39, 0.29) is 0 Å². The summed E-state index contributed by atoms with van der Waals surface area (Å²) in [6.07, 6.45) is 2.39. The number of nitrogens with one attached hydrogen (secondary N) is 1. The zero-order chi connectivity index (χ0) is 12.0. The average molecular weight is 223 g/mol. The summed E-state index contributed by atoms with van der Waals surface area (Å²) in [7, 11) is 1.62. The number of ether oxygens (including phenoxy) is 1. The summed E-state index contributed by atoms with van der Waals surface area (Å²) in [5.41, 5.74) is 0. The first-order valence-electron chi connectivity index (χ1n) is 5.75. The van der Waals surface area contributed by atoms with Gasteiger partial charge in [-0.05, 0) is 25.7 Å². The molecule has 0 aliphatic heterocycles. The molecule has 16 heavy (non-hydrogen) atoms. The Morgan fingerprint density at radius 1 is 1.38 bits per heavy atom. The summed E-state index contributed by atoms with van der Waals surface area (Å²) >= 11 is 0. The van der Waals surface area contributed by atoms with Crippen LogP contribution in [0.3, 0.4) is 0 Å². The highest BCUT2D eigenvalue weighted by molar-refractivity contribution is 5.38. The highest BCUT2D eigenvalue weighted by Crippen LogP contribution is 2.13. The molecule has 1 heterocycles. The van der Waals surface area contributed by atoms with Crippen molar-refractivity contribution < 1.29 is 4.74 Å². The van der Waals surface area contributed by atoms with Gasteiger partial charge in [-0.1, -0.05) is 13.8 Å². The number of methoxy groups -OCH3 is 1. The van der Waals surface area contributed by atoms with E-state index in [9.17, 15) is 0 Å². The topological polar surface area (TPSA) is 47.0 Å². The standard InChI is InChI=1S/C12H21N3O/c1-9(2)6-5-7-13-11-8-12(16-4)15-10(3)14-11/h8-9H,5-7H2,1-4H3,(H,13,14,15). The second-order valence-electron chi connectivity index (χ2n) is 4.31. The molecule has 0 unspecified atom stereocenters. The van der Waals surface area contributed by atoms with Crippen LogP contribution in [0.5, 0.6) is 5.88 Å². The lowest BCUT2D eigenvalue weighted by Gasteiger charge is -2.08. The van der Waals surface area contributed by atoms with Crippen molar-refractivity contribution in [3.8, 4) is 5.88 Å². The van der Waals surface area contributed by atoms with Crippen molar-refractivity contribution in [3.05, 3.63) is 11.9 Å². The second kappa shape index (κ2) is 6.30. The molecule has 0 atom stereocenters. The van der Waals surface area contributed by atoms with Crippen LogP contribution in [-0.2, 0) is 0 Å². The summed E-state index contributed by atoms with van der Waals surface area (Å²) in [6.45, 7) is 7.27. The largest absolute Gasteiger partial charge is 0.481 e. The van der Waals surface area contributed by atoms with Crippen molar-refractivity contribution in [3.63, 3.8) is 0 Å². The van der Waals surface area contributed by atoms with E-state index in [1.54, 1.807) is 7.11 Å². The number of aryl methyl sites for hydroxylation is 1. The fourth-order valence-electron chi connectivity index (χ4n) is 1.46. The van der Waals surface area contributed by atoms with Crippen LogP contribution in [0.2, 0.25) is 0 Å². The number of aromatic nitrogens is 2. The quantitative estimate of drug-likeness (QED) is 0.753. The van der Waals surface area contributed by atoms with Crippen LogP contribution >= 0.6 is 0 Å². The van der Waals surface area contributed by atoms with Gasteiger partial charge in [0.2, 0.25) is 5.88 Å². The number of nitrogens with zero attached hydrogens (tertiary/aromatic N) is 2. The molecule has 0 saturated heterocycles. The third-order valence-electron chi connectivity index (χ3n) is 2.29. The second-order valence-corrected chi connectivity index (χ2v) is 4.31. The molecule has 1 rings (SSSR count). The first-order chi connectivity index (χ1) is 7.61. The van der Waals surface area contributed by atoms with Crippen molar-refractivity contribution in [1.29, 1.82) is 0 Å². The first kappa shape index (κ1) is 12.7. The highest BCUT2D eigenvalue weighted by atomic mass is 16.5. The van der Waals surface area contributed by atoms with Gasteiger partial charge >= 0.3 is 0 Å². The summed E-state index contributed by atoms with van der Waals surface area (Å²) in [6, 6.07) is 1.82. The van der Waals surface area contributed by atoms with Gasteiger partial charge in [0.05, 0.1) is 7.11 Å². The molecular weight excluding hydrogens is 202 g/mol. The van der Waals surface area contributed by atoms with Gasteiger partial charge < -0.3 is 10.1 Å². The molecule has 90 valence electrons. The number of hydrogen-bond acceptors (Lipinski definition) is 4. The molecule has 0 aromatic carbocycles. The zero-order valence-electron chi connectivity index (χ0n) is 10.6. The van der Waals surface area contributed by atoms with Crippen molar-refractivity contribution in [2.75, 3.05) is 19.0 Å². The lowest BCUT2D eigenvalue weighted by Crippen LogP contribution is -2.06. The molecule has 4 nitrogen and oxygen atoms in total. The van der Waals surface area contributed by atoms with Crippen LogP contribution in [0.1, 0.15) is 32.5 Å². The highest BCUT2D eigenvalue weighted by Gasteiger charge is 2.01. The van der Waals surface area contributed by atoms with Crippen LogP contribution < -0.4 is 10.1 Å². The predicted octanol–water partition coefficient (Wildman–Crippen LogP) is 2.64. The Hall–Kier alpha value is -1.32. The minimum absolute atomic E-state index is 0.610. The van der Waals surface area contributed by atoms with E-state index >= 15 is 0 Å². The van der Waals surface area contributed by atoms with Crippen molar-refractivity contribution >= 4 is 5.82 Å². The Kier molecular flexibility index (Phi) is 5.02. The first-order valence-corrected chi connectivity index (χ1v) is 5.75. The minimum Gasteiger partial charge on any atom is -0.481 e. The van der Waals surface area contributed by atoms with Crippen molar-refractivity contribution in [2.24, 2.45) is 5.92 Å². The molecule has 4 heteroatoms. The zero-order valence-corrected chi connectivity index (χ0v) is 10.6. The van der Waals surface area contributed by atoms with E-state index in [1.165, 1.54) is 6.42 Å². The van der Waals surface area contributed by atoms with Gasteiger partial charge in [0.1, 0.15) is 11.6 Å². The van der Waals surface area contributed by atoms with Gasteiger partial charge in [0.15, 0.2) is 0 Å². The monoisotopic (exact) mass is 223 g/mol. The molecular formula is C12H21N3O. The van der Waals surface area contributed by atoms with Gasteiger partial charge in [-0.15, -0.1) is 0 Å². The lowest BCUT2D eigenvalue weighted by atomic mass is 10.1. The fourth-order valence-corrected chi connectivity index (χ4v) is 1.46. The van der Waals surface area contributed by atoms with Crippen LogP contribution in [0.4, 0.5) is 5.82 Å². The number of anilines is 1. The maximum absolute atomic E-state index is 5.09. The Labute approximate surface area is 97.5 Å². The molecule has 0 aliphatic rings. The minimum atomic E-state index is 0.610. The summed E-state index contributed by atoms with van der Waals surface area (Å²) < 4.78 is 5.09. The van der Waals surface area contributed by atoms with Crippen LogP contribution in [0, 0.1) is 12.8 Å². The van der Waals surface area contributed by atoms with Crippen molar-refractivity contribution in [1.82, 2.24) is 9.97 Å². The molecule has 0 aliphatic carbocycles. The summed E-state index contributed by atoms with van der Waals surface area (Å²) in [5.74, 6) is 2.93. The van der Waals surface area contributed by atoms with E-state index in [2.05, 4.69) is 29.1 Å². The number of rotatable bonds is 6. The maximum atomic E-state index is 5.09. The van der Waals surface area contributed by atoms with Gasteiger partial charge in [-0.25, -0.2) is 4.98 Å². The van der Waals surface area contributed by atoms with Crippen LogP contribution in [0.25, 0.3) is 0 Å². The Balaban J connectivity index is 2.44. The maximum Gasteiger partial charge on any atom is 0.218 e. The third-order valence-corrected chi connectivity index (χ3v) is 2.29. The molecule has 0 saturated carbocycles. The number of hydrogen-bond donors (Lipinski definition) is 1. The van der Waals surface area contributed by atoms with E-state index < -0.39 is 0 Å². The summed E-state index contributed by atoms with van der Waals surface area (Å²) in [4.78, 5) is 8.43. The Morgan fingerprint density at radius 3 is 2.75 bits per heavy atom. The Morgan fingerprint density at radius 2 is 2.12 bits per heavy atom. The third kappa shape index (κ3) is 4.47. The molecule has 0 bridgehead atoms. The van der Waals surface area contributed by atoms with E-state index in [0.29, 0.717) is 5.88 Å². The van der Waals surface area contributed by atoms with E-state index in [0.717, 1.165) is 30.5 Å². The molecule has 0 spiro atoms. The van der Waals surface area contributed by atoms with Crippen LogP contribution in [0.15, 0.2) is 6.07 Å². The fraction of sp³-hybridized carbons (Fsp3) is 0.667. The van der Waals surface area contributed by atoms with Crippen LogP contribution in [-0.4, -0.2) is 23.6 Å². The molecule has 1 N–H and O–H groups in total. The average Bonchev–Trinajstić information content (AvgIpc) is 2.23. The van der Waals surface area contributed by atoms with Gasteiger partial charge in [-0.3, -0.25) is 0 Å². The summed E-state index contributed by atoms with van der Waals surface area (Å²) in [5, 5.41) is 3.28. The lowest BCUT2D eigenvalue weighted by molar-refractivity contribution is 0.396. The SMILES string of the molecule is COc1cc(NCCCC(C)C)nc(C)n1. The molecule has 0 amide bonds. The van der Waals surface area contributed by atoms with Gasteiger partial charge in [0, 0.05) is 12.6 Å². The molecule has 0 radical (unpaired) electrons. The van der Waals surface area contributed by atoms with Gasteiger partial charge in [0.25, 0.3) is 0 Å². The smallest absolute Gasteiger partial charge is 0.218 e. The Bertz CT molecular complexity index is 326.